The molecule has 0 spiro atoms. The second-order valence-corrected chi connectivity index (χ2v) is 6.81. The van der Waals surface area contributed by atoms with Crippen LogP contribution >= 0.6 is 24.0 Å². The van der Waals surface area contributed by atoms with Gasteiger partial charge < -0.3 is 10.3 Å². The van der Waals surface area contributed by atoms with Crippen LogP contribution < -0.4 is 5.73 Å². The Bertz CT molecular complexity index is 646. The molecule has 126 valence electrons. The molecule has 0 saturated carbocycles. The fourth-order valence-corrected chi connectivity index (χ4v) is 2.96. The van der Waals surface area contributed by atoms with Gasteiger partial charge in [0.15, 0.2) is 0 Å². The minimum absolute atomic E-state index is 0. The van der Waals surface area contributed by atoms with Gasteiger partial charge in [0.25, 0.3) is 0 Å². The Morgan fingerprint density at radius 2 is 2.09 bits per heavy atom. The fraction of sp³-hybridized carbons (Fsp3) is 0.500. The first-order valence-electron chi connectivity index (χ1n) is 7.54. The summed E-state index contributed by atoms with van der Waals surface area (Å²) in [6.45, 7) is 7.00. The van der Waals surface area contributed by atoms with Crippen molar-refractivity contribution in [2.45, 2.75) is 26.3 Å². The monoisotopic (exact) mass is 356 g/mol. The summed E-state index contributed by atoms with van der Waals surface area (Å²) in [5, 5.41) is 4.78. The Morgan fingerprint density at radius 1 is 1.39 bits per heavy atom. The highest BCUT2D eigenvalue weighted by Crippen LogP contribution is 2.34. The van der Waals surface area contributed by atoms with E-state index >= 15 is 0 Å². The fourth-order valence-electron chi connectivity index (χ4n) is 2.84. The molecule has 1 aliphatic rings. The number of benzene rings is 1. The molecule has 2 atom stereocenters. The summed E-state index contributed by atoms with van der Waals surface area (Å²) in [4.78, 5) is 6.89. The third kappa shape index (κ3) is 3.86. The van der Waals surface area contributed by atoms with Gasteiger partial charge in [-0.25, -0.2) is 0 Å². The number of aromatic nitrogens is 2. The molecule has 1 aromatic heterocycles. The number of nitrogens with zero attached hydrogens (tertiary/aromatic N) is 3. The van der Waals surface area contributed by atoms with Crippen molar-refractivity contribution in [2.75, 3.05) is 19.6 Å². The van der Waals surface area contributed by atoms with Gasteiger partial charge in [0, 0.05) is 17.1 Å². The van der Waals surface area contributed by atoms with Crippen molar-refractivity contribution in [3.63, 3.8) is 0 Å². The van der Waals surface area contributed by atoms with Crippen LogP contribution in [0.2, 0.25) is 5.02 Å². The molecule has 3 rings (SSSR count). The lowest BCUT2D eigenvalue weighted by Gasteiger charge is -2.25. The number of rotatable bonds is 4. The van der Waals surface area contributed by atoms with E-state index in [1.54, 1.807) is 0 Å². The Labute approximate surface area is 147 Å². The van der Waals surface area contributed by atoms with Gasteiger partial charge in [0.05, 0.1) is 6.04 Å². The molecule has 2 aromatic rings. The van der Waals surface area contributed by atoms with E-state index in [4.69, 9.17) is 21.9 Å². The molecule has 23 heavy (non-hydrogen) atoms. The van der Waals surface area contributed by atoms with Crippen molar-refractivity contribution in [1.29, 1.82) is 0 Å². The SMILES string of the molecule is CC(c1nc(-c2ccc(Cl)cc2)no1)N1CCC(C)(CN)C1.Cl. The maximum absolute atomic E-state index is 5.90. The number of hydrogen-bond donors (Lipinski definition) is 1. The molecule has 0 bridgehead atoms. The molecular formula is C16H22Cl2N4O. The van der Waals surface area contributed by atoms with Crippen LogP contribution in [0.5, 0.6) is 0 Å². The van der Waals surface area contributed by atoms with Crippen LogP contribution in [0.15, 0.2) is 28.8 Å². The molecule has 1 aromatic carbocycles. The lowest BCUT2D eigenvalue weighted by atomic mass is 9.90. The van der Waals surface area contributed by atoms with Crippen molar-refractivity contribution in [1.82, 2.24) is 15.0 Å². The largest absolute Gasteiger partial charge is 0.337 e. The lowest BCUT2D eigenvalue weighted by molar-refractivity contribution is 0.188. The summed E-state index contributed by atoms with van der Waals surface area (Å²) in [7, 11) is 0. The average Bonchev–Trinajstić information content (AvgIpc) is 3.15. The van der Waals surface area contributed by atoms with Crippen molar-refractivity contribution in [3.05, 3.63) is 35.2 Å². The van der Waals surface area contributed by atoms with E-state index in [9.17, 15) is 0 Å². The lowest BCUT2D eigenvalue weighted by Crippen LogP contribution is -2.32. The maximum Gasteiger partial charge on any atom is 0.244 e. The van der Waals surface area contributed by atoms with E-state index in [0.717, 1.165) is 25.1 Å². The molecule has 1 aliphatic heterocycles. The highest BCUT2D eigenvalue weighted by Gasteiger charge is 2.36. The van der Waals surface area contributed by atoms with Crippen LogP contribution in [-0.2, 0) is 0 Å². The second kappa shape index (κ2) is 7.18. The molecule has 0 radical (unpaired) electrons. The first-order chi connectivity index (χ1) is 10.5. The van der Waals surface area contributed by atoms with Gasteiger partial charge in [-0.05, 0) is 56.1 Å². The molecule has 2 N–H and O–H groups in total. The van der Waals surface area contributed by atoms with E-state index in [1.165, 1.54) is 0 Å². The molecule has 5 nitrogen and oxygen atoms in total. The summed E-state index contributed by atoms with van der Waals surface area (Å²) < 4.78 is 5.46. The number of hydrogen-bond acceptors (Lipinski definition) is 5. The number of halogens is 2. The van der Waals surface area contributed by atoms with Crippen LogP contribution in [-0.4, -0.2) is 34.7 Å². The van der Waals surface area contributed by atoms with Crippen LogP contribution in [0.4, 0.5) is 0 Å². The predicted octanol–water partition coefficient (Wildman–Crippen LogP) is 3.54. The normalized spacial score (nSPS) is 22.8. The van der Waals surface area contributed by atoms with Gasteiger partial charge in [-0.1, -0.05) is 23.7 Å². The summed E-state index contributed by atoms with van der Waals surface area (Å²) >= 11 is 5.90. The quantitative estimate of drug-likeness (QED) is 0.906. The van der Waals surface area contributed by atoms with Crippen molar-refractivity contribution in [2.24, 2.45) is 11.1 Å². The van der Waals surface area contributed by atoms with Gasteiger partial charge in [0.1, 0.15) is 0 Å². The minimum Gasteiger partial charge on any atom is -0.337 e. The van der Waals surface area contributed by atoms with Gasteiger partial charge in [0.2, 0.25) is 11.7 Å². The molecule has 2 unspecified atom stereocenters. The summed E-state index contributed by atoms with van der Waals surface area (Å²) in [6, 6.07) is 7.53. The summed E-state index contributed by atoms with van der Waals surface area (Å²) in [5.74, 6) is 1.24. The predicted molar refractivity (Wildman–Crippen MR) is 93.8 cm³/mol. The van der Waals surface area contributed by atoms with Crippen molar-refractivity contribution < 1.29 is 4.52 Å². The molecule has 1 saturated heterocycles. The van der Waals surface area contributed by atoms with Crippen LogP contribution in [0, 0.1) is 5.41 Å². The van der Waals surface area contributed by atoms with Crippen LogP contribution in [0.1, 0.15) is 32.2 Å². The summed E-state index contributed by atoms with van der Waals surface area (Å²) in [5.41, 5.74) is 6.96. The van der Waals surface area contributed by atoms with E-state index in [1.807, 2.05) is 24.3 Å². The Balaban J connectivity index is 0.00000192. The number of nitrogens with two attached hydrogens (primary N) is 1. The van der Waals surface area contributed by atoms with Crippen LogP contribution in [0.25, 0.3) is 11.4 Å². The van der Waals surface area contributed by atoms with Gasteiger partial charge in [-0.15, -0.1) is 12.4 Å². The van der Waals surface area contributed by atoms with Gasteiger partial charge in [-0.2, -0.15) is 4.98 Å². The molecule has 1 fully saturated rings. The van der Waals surface area contributed by atoms with Gasteiger partial charge in [-0.3, -0.25) is 4.90 Å². The van der Waals surface area contributed by atoms with Crippen LogP contribution in [0.3, 0.4) is 0 Å². The molecule has 2 heterocycles. The average molecular weight is 357 g/mol. The number of likely N-dealkylation sites (tertiary alicyclic amines) is 1. The second-order valence-electron chi connectivity index (χ2n) is 6.37. The smallest absolute Gasteiger partial charge is 0.244 e. The third-order valence-electron chi connectivity index (χ3n) is 4.53. The van der Waals surface area contributed by atoms with E-state index in [0.29, 0.717) is 23.3 Å². The van der Waals surface area contributed by atoms with E-state index < -0.39 is 0 Å². The van der Waals surface area contributed by atoms with Crippen molar-refractivity contribution >= 4 is 24.0 Å². The maximum atomic E-state index is 5.90. The zero-order valence-electron chi connectivity index (χ0n) is 13.3. The standard InChI is InChI=1S/C16H21ClN4O.ClH/c1-11(21-8-7-16(2,9-18)10-21)15-19-14(20-22-15)12-3-5-13(17)6-4-12;/h3-6,11H,7-10,18H2,1-2H3;1H. The first-order valence-corrected chi connectivity index (χ1v) is 7.92. The van der Waals surface area contributed by atoms with E-state index in [-0.39, 0.29) is 23.9 Å². The van der Waals surface area contributed by atoms with Gasteiger partial charge >= 0.3 is 0 Å². The topological polar surface area (TPSA) is 68.2 Å². The Morgan fingerprint density at radius 3 is 2.70 bits per heavy atom. The minimum atomic E-state index is 0. The third-order valence-corrected chi connectivity index (χ3v) is 4.78. The zero-order chi connectivity index (χ0) is 15.7. The highest BCUT2D eigenvalue weighted by molar-refractivity contribution is 6.30. The zero-order valence-corrected chi connectivity index (χ0v) is 14.9. The molecule has 0 amide bonds. The molecule has 0 aliphatic carbocycles. The van der Waals surface area contributed by atoms with E-state index in [2.05, 4.69) is 28.9 Å². The highest BCUT2D eigenvalue weighted by atomic mass is 35.5. The first kappa shape index (κ1) is 18.2. The Hall–Kier alpha value is -1.14. The molecule has 7 heteroatoms. The molecular weight excluding hydrogens is 335 g/mol. The summed E-state index contributed by atoms with van der Waals surface area (Å²) in [6.07, 6.45) is 1.10. The Kier molecular flexibility index (Phi) is 5.68. The van der Waals surface area contributed by atoms with Crippen molar-refractivity contribution in [3.8, 4) is 11.4 Å².